The number of nitrogens with two attached hydrogens (primary N) is 1. The summed E-state index contributed by atoms with van der Waals surface area (Å²) in [5, 5.41) is 0. The standard InChI is InChI=1S/C14H21NO2/c1-2-13(15)12-5-3-4-6-14(12)17-11-7-9-16-10-8-11/h3-6,11,13H,2,7-10,15H2,1H3/t13-/m1/s1. The van der Waals surface area contributed by atoms with Crippen molar-refractivity contribution >= 4 is 0 Å². The van der Waals surface area contributed by atoms with Gasteiger partial charge in [-0.3, -0.25) is 0 Å². The minimum atomic E-state index is 0.0611. The lowest BCUT2D eigenvalue weighted by Crippen LogP contribution is -2.26. The summed E-state index contributed by atoms with van der Waals surface area (Å²) in [5.74, 6) is 0.939. The fraction of sp³-hybridized carbons (Fsp3) is 0.571. The SMILES string of the molecule is CC[C@@H](N)c1ccccc1OC1CCOCC1. The highest BCUT2D eigenvalue weighted by Crippen LogP contribution is 2.27. The molecule has 3 nitrogen and oxygen atoms in total. The molecular formula is C14H21NO2. The van der Waals surface area contributed by atoms with E-state index in [0.717, 1.165) is 43.8 Å². The summed E-state index contributed by atoms with van der Waals surface area (Å²) < 4.78 is 11.4. The highest BCUT2D eigenvalue weighted by molar-refractivity contribution is 5.35. The lowest BCUT2D eigenvalue weighted by atomic mass is 10.0. The number of hydrogen-bond donors (Lipinski definition) is 1. The lowest BCUT2D eigenvalue weighted by molar-refractivity contribution is 0.0250. The predicted molar refractivity (Wildman–Crippen MR) is 68.1 cm³/mol. The molecule has 1 heterocycles. The van der Waals surface area contributed by atoms with Crippen molar-refractivity contribution in [2.45, 2.75) is 38.3 Å². The van der Waals surface area contributed by atoms with E-state index < -0.39 is 0 Å². The van der Waals surface area contributed by atoms with Crippen molar-refractivity contribution in [2.24, 2.45) is 5.73 Å². The molecule has 0 unspecified atom stereocenters. The first-order valence-electron chi connectivity index (χ1n) is 6.40. The average molecular weight is 235 g/mol. The predicted octanol–water partition coefficient (Wildman–Crippen LogP) is 2.65. The van der Waals surface area contributed by atoms with Crippen molar-refractivity contribution in [3.8, 4) is 5.75 Å². The van der Waals surface area contributed by atoms with Gasteiger partial charge in [0, 0.05) is 24.4 Å². The molecule has 0 aromatic heterocycles. The molecule has 0 aliphatic carbocycles. The monoisotopic (exact) mass is 235 g/mol. The topological polar surface area (TPSA) is 44.5 Å². The molecule has 0 radical (unpaired) electrons. The van der Waals surface area contributed by atoms with E-state index in [1.165, 1.54) is 0 Å². The molecule has 3 heteroatoms. The Morgan fingerprint density at radius 2 is 2.06 bits per heavy atom. The van der Waals surface area contributed by atoms with Crippen molar-refractivity contribution in [3.05, 3.63) is 29.8 Å². The Kier molecular flexibility index (Phi) is 4.40. The van der Waals surface area contributed by atoms with Gasteiger partial charge in [-0.1, -0.05) is 25.1 Å². The molecule has 94 valence electrons. The van der Waals surface area contributed by atoms with Crippen molar-refractivity contribution in [2.75, 3.05) is 13.2 Å². The Labute approximate surface area is 103 Å². The molecule has 1 fully saturated rings. The average Bonchev–Trinajstić information content (AvgIpc) is 2.40. The first kappa shape index (κ1) is 12.4. The Bertz CT molecular complexity index is 348. The second-order valence-corrected chi connectivity index (χ2v) is 4.48. The molecule has 0 saturated carbocycles. The first-order valence-corrected chi connectivity index (χ1v) is 6.40. The van der Waals surface area contributed by atoms with Crippen molar-refractivity contribution in [1.82, 2.24) is 0 Å². The summed E-state index contributed by atoms with van der Waals surface area (Å²) in [6, 6.07) is 8.15. The fourth-order valence-corrected chi connectivity index (χ4v) is 2.09. The highest BCUT2D eigenvalue weighted by Gasteiger charge is 2.18. The van der Waals surface area contributed by atoms with Gasteiger partial charge in [0.1, 0.15) is 11.9 Å². The van der Waals surface area contributed by atoms with Crippen LogP contribution in [-0.4, -0.2) is 19.3 Å². The second-order valence-electron chi connectivity index (χ2n) is 4.48. The van der Waals surface area contributed by atoms with Gasteiger partial charge in [-0.2, -0.15) is 0 Å². The molecule has 1 aliphatic rings. The fourth-order valence-electron chi connectivity index (χ4n) is 2.09. The van der Waals surface area contributed by atoms with Crippen LogP contribution in [0.5, 0.6) is 5.75 Å². The van der Waals surface area contributed by atoms with Crippen LogP contribution in [0.3, 0.4) is 0 Å². The summed E-state index contributed by atoms with van der Waals surface area (Å²) in [6.07, 6.45) is 3.13. The van der Waals surface area contributed by atoms with Crippen LogP contribution in [0.25, 0.3) is 0 Å². The number of ether oxygens (including phenoxy) is 2. The number of para-hydroxylation sites is 1. The van der Waals surface area contributed by atoms with Crippen LogP contribution in [0.4, 0.5) is 0 Å². The van der Waals surface area contributed by atoms with Crippen LogP contribution in [0.2, 0.25) is 0 Å². The smallest absolute Gasteiger partial charge is 0.124 e. The van der Waals surface area contributed by atoms with Crippen molar-refractivity contribution in [3.63, 3.8) is 0 Å². The molecule has 2 rings (SSSR count). The van der Waals surface area contributed by atoms with Crippen LogP contribution in [0.1, 0.15) is 37.8 Å². The molecule has 0 spiro atoms. The third-order valence-electron chi connectivity index (χ3n) is 3.22. The summed E-state index contributed by atoms with van der Waals surface area (Å²) in [4.78, 5) is 0. The third-order valence-corrected chi connectivity index (χ3v) is 3.22. The van der Waals surface area contributed by atoms with E-state index >= 15 is 0 Å². The van der Waals surface area contributed by atoms with E-state index in [2.05, 4.69) is 13.0 Å². The number of rotatable bonds is 4. The van der Waals surface area contributed by atoms with Gasteiger partial charge >= 0.3 is 0 Å². The van der Waals surface area contributed by atoms with Gasteiger partial charge in [0.05, 0.1) is 13.2 Å². The van der Waals surface area contributed by atoms with Gasteiger partial charge in [-0.15, -0.1) is 0 Å². The van der Waals surface area contributed by atoms with Gasteiger partial charge < -0.3 is 15.2 Å². The van der Waals surface area contributed by atoms with Crippen molar-refractivity contribution < 1.29 is 9.47 Å². The van der Waals surface area contributed by atoms with Gasteiger partial charge in [0.2, 0.25) is 0 Å². The maximum atomic E-state index is 6.10. The Hall–Kier alpha value is -1.06. The second kappa shape index (κ2) is 6.03. The minimum absolute atomic E-state index is 0.0611. The van der Waals surface area contributed by atoms with E-state index in [0.29, 0.717) is 0 Å². The Morgan fingerprint density at radius 3 is 2.76 bits per heavy atom. The summed E-state index contributed by atoms with van der Waals surface area (Å²) in [7, 11) is 0. The zero-order valence-corrected chi connectivity index (χ0v) is 10.4. The molecule has 17 heavy (non-hydrogen) atoms. The highest BCUT2D eigenvalue weighted by atomic mass is 16.5. The van der Waals surface area contributed by atoms with Gasteiger partial charge in [-0.05, 0) is 12.5 Å². The van der Waals surface area contributed by atoms with Crippen LogP contribution >= 0.6 is 0 Å². The minimum Gasteiger partial charge on any atom is -0.490 e. The maximum absolute atomic E-state index is 6.10. The van der Waals surface area contributed by atoms with Crippen LogP contribution < -0.4 is 10.5 Å². The van der Waals surface area contributed by atoms with Gasteiger partial charge in [0.25, 0.3) is 0 Å². The molecule has 1 aromatic carbocycles. The summed E-state index contributed by atoms with van der Waals surface area (Å²) in [6.45, 7) is 3.69. The molecule has 1 aliphatic heterocycles. The zero-order valence-electron chi connectivity index (χ0n) is 10.4. The van der Waals surface area contributed by atoms with Crippen LogP contribution in [0.15, 0.2) is 24.3 Å². The molecular weight excluding hydrogens is 214 g/mol. The van der Waals surface area contributed by atoms with Crippen LogP contribution in [-0.2, 0) is 4.74 Å². The van der Waals surface area contributed by atoms with Gasteiger partial charge in [-0.25, -0.2) is 0 Å². The third kappa shape index (κ3) is 3.20. The van der Waals surface area contributed by atoms with Crippen LogP contribution in [0, 0.1) is 0 Å². The molecule has 1 atom stereocenters. The zero-order chi connectivity index (χ0) is 12.1. The first-order chi connectivity index (χ1) is 8.31. The van der Waals surface area contributed by atoms with Crippen molar-refractivity contribution in [1.29, 1.82) is 0 Å². The summed E-state index contributed by atoms with van der Waals surface area (Å²) >= 11 is 0. The number of benzene rings is 1. The van der Waals surface area contributed by atoms with E-state index in [9.17, 15) is 0 Å². The summed E-state index contributed by atoms with van der Waals surface area (Å²) in [5.41, 5.74) is 7.21. The lowest BCUT2D eigenvalue weighted by Gasteiger charge is -2.25. The quantitative estimate of drug-likeness (QED) is 0.872. The normalized spacial score (nSPS) is 18.9. The molecule has 0 amide bonds. The maximum Gasteiger partial charge on any atom is 0.124 e. The molecule has 2 N–H and O–H groups in total. The van der Waals surface area contributed by atoms with E-state index in [-0.39, 0.29) is 12.1 Å². The van der Waals surface area contributed by atoms with Gasteiger partial charge in [0.15, 0.2) is 0 Å². The van der Waals surface area contributed by atoms with E-state index in [1.807, 2.05) is 18.2 Å². The molecule has 1 saturated heterocycles. The largest absolute Gasteiger partial charge is 0.490 e. The molecule has 0 bridgehead atoms. The van der Waals surface area contributed by atoms with E-state index in [1.54, 1.807) is 0 Å². The Morgan fingerprint density at radius 1 is 1.35 bits per heavy atom. The Balaban J connectivity index is 2.08. The van der Waals surface area contributed by atoms with E-state index in [4.69, 9.17) is 15.2 Å². The molecule has 1 aromatic rings. The number of hydrogen-bond acceptors (Lipinski definition) is 3.